The highest BCUT2D eigenvalue weighted by atomic mass is 16.4. The molecular weight excluding hydrogens is 408 g/mol. The van der Waals surface area contributed by atoms with Gasteiger partial charge in [0.25, 0.3) is 0 Å². The Bertz CT molecular complexity index is 724. The van der Waals surface area contributed by atoms with E-state index in [2.05, 4.69) is 20.8 Å². The van der Waals surface area contributed by atoms with Gasteiger partial charge >= 0.3 is 11.9 Å². The third kappa shape index (κ3) is 3.60. The minimum Gasteiger partial charge on any atom is -0.481 e. The zero-order valence-electron chi connectivity index (χ0n) is 19.9. The van der Waals surface area contributed by atoms with Crippen molar-refractivity contribution in [3.63, 3.8) is 0 Å². The third-order valence-corrected chi connectivity index (χ3v) is 11.0. The topological polar surface area (TPSA) is 115 Å². The molecule has 4 N–H and O–H groups in total. The molecule has 0 aromatic carbocycles. The molecule has 0 saturated heterocycles. The molecule has 0 amide bonds. The highest BCUT2D eigenvalue weighted by molar-refractivity contribution is 5.92. The van der Waals surface area contributed by atoms with Gasteiger partial charge in [-0.15, -0.1) is 0 Å². The summed E-state index contributed by atoms with van der Waals surface area (Å²) in [5.41, 5.74) is 0.209. The lowest BCUT2D eigenvalue weighted by Crippen LogP contribution is -2.62. The molecule has 4 unspecified atom stereocenters. The summed E-state index contributed by atoms with van der Waals surface area (Å²) < 4.78 is 0. The van der Waals surface area contributed by atoms with Gasteiger partial charge in [0.05, 0.1) is 12.2 Å². The molecule has 0 aliphatic heterocycles. The summed E-state index contributed by atoms with van der Waals surface area (Å²) in [4.78, 5) is 22.7. The van der Waals surface area contributed by atoms with E-state index >= 15 is 0 Å². The first-order valence-corrected chi connectivity index (χ1v) is 12.9. The van der Waals surface area contributed by atoms with Crippen LogP contribution < -0.4 is 0 Å². The molecule has 0 aromatic rings. The fourth-order valence-electron chi connectivity index (χ4n) is 9.26. The van der Waals surface area contributed by atoms with Crippen molar-refractivity contribution in [1.82, 2.24) is 0 Å². The van der Waals surface area contributed by atoms with Crippen molar-refractivity contribution >= 4 is 11.9 Å². The molecule has 6 heteroatoms. The summed E-state index contributed by atoms with van der Waals surface area (Å²) in [6.45, 7) is 6.93. The Balaban J connectivity index is 1.57. The van der Waals surface area contributed by atoms with E-state index in [-0.39, 0.29) is 41.3 Å². The minimum atomic E-state index is -1.33. The number of aliphatic carboxylic acids is 2. The summed E-state index contributed by atoms with van der Waals surface area (Å²) >= 11 is 0. The summed E-state index contributed by atoms with van der Waals surface area (Å²) in [5, 5.41) is 40.6. The van der Waals surface area contributed by atoms with Gasteiger partial charge in [0, 0.05) is 0 Å². The number of carboxylic acids is 2. The summed E-state index contributed by atoms with van der Waals surface area (Å²) in [6, 6.07) is 0. The molecule has 6 nitrogen and oxygen atoms in total. The average molecular weight is 451 g/mol. The van der Waals surface area contributed by atoms with E-state index in [0.717, 1.165) is 51.4 Å². The lowest BCUT2D eigenvalue weighted by atomic mass is 9.41. The monoisotopic (exact) mass is 450 g/mol. The van der Waals surface area contributed by atoms with E-state index in [1.165, 1.54) is 0 Å². The molecule has 4 fully saturated rings. The van der Waals surface area contributed by atoms with Crippen molar-refractivity contribution in [1.29, 1.82) is 0 Å². The van der Waals surface area contributed by atoms with E-state index in [0.29, 0.717) is 30.1 Å². The number of hydrogen-bond acceptors (Lipinski definition) is 4. The predicted molar refractivity (Wildman–Crippen MR) is 120 cm³/mol. The maximum atomic E-state index is 11.7. The van der Waals surface area contributed by atoms with Crippen LogP contribution in [-0.2, 0) is 9.59 Å². The van der Waals surface area contributed by atoms with Gasteiger partial charge in [0.1, 0.15) is 0 Å². The second-order valence-corrected chi connectivity index (χ2v) is 12.0. The number of carbonyl (C=O) groups is 2. The molecule has 4 aliphatic rings. The molecule has 0 heterocycles. The van der Waals surface area contributed by atoms with Crippen LogP contribution in [0, 0.1) is 52.3 Å². The van der Waals surface area contributed by atoms with Crippen LogP contribution in [0.1, 0.15) is 85.0 Å². The highest BCUT2D eigenvalue weighted by Crippen LogP contribution is 2.69. The number of rotatable bonds is 6. The maximum absolute atomic E-state index is 11.7. The van der Waals surface area contributed by atoms with Crippen molar-refractivity contribution in [2.24, 2.45) is 52.3 Å². The van der Waals surface area contributed by atoms with Crippen molar-refractivity contribution in [2.45, 2.75) is 97.2 Å². The van der Waals surface area contributed by atoms with Gasteiger partial charge in [-0.05, 0) is 104 Å². The first kappa shape index (κ1) is 24.0. The number of fused-ring (bicyclic) bond motifs is 5. The van der Waals surface area contributed by atoms with Gasteiger partial charge in [-0.3, -0.25) is 9.59 Å². The van der Waals surface area contributed by atoms with E-state index in [4.69, 9.17) is 0 Å². The highest BCUT2D eigenvalue weighted by Gasteiger charge is 2.64. The van der Waals surface area contributed by atoms with Crippen LogP contribution in [0.5, 0.6) is 0 Å². The zero-order valence-corrected chi connectivity index (χ0v) is 19.9. The Morgan fingerprint density at radius 2 is 1.53 bits per heavy atom. The van der Waals surface area contributed by atoms with Crippen LogP contribution in [0.4, 0.5) is 0 Å². The standard InChI is InChI=1S/C26H42O6/c1-4-16-20-13-15(27)9-11-26(20,3)19-10-12-25(2)14(5-7-17(23(29)30)24(31)32)6-8-18(25)21(19)22(16)28/h14-22,27-28H,4-13H2,1-3H3,(H,29,30)(H,31,32)/t14?,15-,16-,18?,19?,20+,21?,22-,25-,26-/m1/s1. The van der Waals surface area contributed by atoms with Crippen LogP contribution in [0.3, 0.4) is 0 Å². The summed E-state index contributed by atoms with van der Waals surface area (Å²) in [6.07, 6.45) is 8.06. The molecule has 0 bridgehead atoms. The quantitative estimate of drug-likeness (QED) is 0.451. The molecule has 10 atom stereocenters. The van der Waals surface area contributed by atoms with Gasteiger partial charge in [-0.2, -0.15) is 0 Å². The number of hydrogen-bond donors (Lipinski definition) is 4. The Hall–Kier alpha value is -1.14. The fraction of sp³-hybridized carbons (Fsp3) is 0.923. The van der Waals surface area contributed by atoms with Crippen molar-refractivity contribution in [3.05, 3.63) is 0 Å². The Morgan fingerprint density at radius 1 is 0.906 bits per heavy atom. The molecule has 0 spiro atoms. The Morgan fingerprint density at radius 3 is 2.16 bits per heavy atom. The zero-order chi connectivity index (χ0) is 23.4. The van der Waals surface area contributed by atoms with Gasteiger partial charge < -0.3 is 20.4 Å². The molecule has 182 valence electrons. The first-order valence-electron chi connectivity index (χ1n) is 12.9. The Labute approximate surface area is 191 Å². The lowest BCUT2D eigenvalue weighted by molar-refractivity contribution is -0.202. The van der Waals surface area contributed by atoms with Crippen LogP contribution in [-0.4, -0.2) is 44.6 Å². The second kappa shape index (κ2) is 8.57. The predicted octanol–water partition coefficient (Wildman–Crippen LogP) is 4.18. The molecular formula is C26H42O6. The molecule has 32 heavy (non-hydrogen) atoms. The van der Waals surface area contributed by atoms with Crippen LogP contribution >= 0.6 is 0 Å². The van der Waals surface area contributed by atoms with Crippen LogP contribution in [0.2, 0.25) is 0 Å². The summed E-state index contributed by atoms with van der Waals surface area (Å²) in [5.74, 6) is -1.75. The lowest BCUT2D eigenvalue weighted by Gasteiger charge is -2.64. The van der Waals surface area contributed by atoms with E-state index in [1.807, 2.05) is 0 Å². The van der Waals surface area contributed by atoms with Crippen LogP contribution in [0.15, 0.2) is 0 Å². The number of aliphatic hydroxyl groups excluding tert-OH is 2. The molecule has 4 saturated carbocycles. The Kier molecular flexibility index (Phi) is 6.43. The molecule has 0 aromatic heterocycles. The largest absolute Gasteiger partial charge is 0.481 e. The van der Waals surface area contributed by atoms with Crippen molar-refractivity contribution in [2.75, 3.05) is 0 Å². The first-order chi connectivity index (χ1) is 15.0. The van der Waals surface area contributed by atoms with Crippen molar-refractivity contribution < 1.29 is 30.0 Å². The fourth-order valence-corrected chi connectivity index (χ4v) is 9.26. The average Bonchev–Trinajstić information content (AvgIpc) is 3.06. The van der Waals surface area contributed by atoms with Gasteiger partial charge in [-0.1, -0.05) is 27.2 Å². The number of aliphatic hydroxyl groups is 2. The molecule has 4 aliphatic carbocycles. The minimum absolute atomic E-state index is 0.0410. The second-order valence-electron chi connectivity index (χ2n) is 12.0. The van der Waals surface area contributed by atoms with Gasteiger partial charge in [0.2, 0.25) is 0 Å². The van der Waals surface area contributed by atoms with E-state index in [9.17, 15) is 30.0 Å². The number of carboxylic acid groups (broad SMARTS) is 2. The normalized spacial score (nSPS) is 48.1. The van der Waals surface area contributed by atoms with E-state index < -0.39 is 17.9 Å². The summed E-state index contributed by atoms with van der Waals surface area (Å²) in [7, 11) is 0. The molecule has 0 radical (unpaired) electrons. The van der Waals surface area contributed by atoms with Crippen LogP contribution in [0.25, 0.3) is 0 Å². The third-order valence-electron chi connectivity index (χ3n) is 11.0. The van der Waals surface area contributed by atoms with Crippen molar-refractivity contribution in [3.8, 4) is 0 Å². The van der Waals surface area contributed by atoms with E-state index in [1.54, 1.807) is 0 Å². The molecule has 4 rings (SSSR count). The van der Waals surface area contributed by atoms with Gasteiger partial charge in [0.15, 0.2) is 5.92 Å². The maximum Gasteiger partial charge on any atom is 0.317 e. The van der Waals surface area contributed by atoms with Gasteiger partial charge in [-0.25, -0.2) is 0 Å². The smallest absolute Gasteiger partial charge is 0.317 e. The SMILES string of the molecule is CC[C@H]1[C@@H](O)C2C3CCC(CCC(C(=O)O)C(=O)O)[C@@]3(C)CCC2[C@@]2(C)CC[C@@H](O)C[C@@H]12.